The number of aromatic nitrogens is 1. The zero-order valence-corrected chi connectivity index (χ0v) is 13.3. The van der Waals surface area contributed by atoms with Gasteiger partial charge >= 0.3 is 0 Å². The molecular formula is C14H24N4OS. The van der Waals surface area contributed by atoms with Gasteiger partial charge in [0.25, 0.3) is 5.91 Å². The largest absolute Gasteiger partial charge is 0.382 e. The van der Waals surface area contributed by atoms with Crippen LogP contribution in [0.5, 0.6) is 0 Å². The molecule has 6 heteroatoms. The molecular weight excluding hydrogens is 272 g/mol. The first-order valence-electron chi connectivity index (χ1n) is 7.25. The average Bonchev–Trinajstić information content (AvgIpc) is 2.82. The van der Waals surface area contributed by atoms with E-state index in [9.17, 15) is 4.79 Å². The predicted molar refractivity (Wildman–Crippen MR) is 84.4 cm³/mol. The summed E-state index contributed by atoms with van der Waals surface area (Å²) in [6.07, 6.45) is 5.81. The fourth-order valence-corrected chi connectivity index (χ4v) is 3.45. The number of nitrogens with one attached hydrogen (secondary N) is 1. The monoisotopic (exact) mass is 296 g/mol. The number of nitrogen functional groups attached to an aromatic ring is 1. The standard InChI is InChI=1S/C14H24N4OS/c1-4-9-5-7-10(8-6-9)16-13(19)11-12(15)17-14(20-11)18(2)3/h9-10H,4-8,15H2,1-3H3,(H,16,19). The number of nitrogens with two attached hydrogens (primary N) is 1. The fourth-order valence-electron chi connectivity index (χ4n) is 2.64. The molecule has 1 aliphatic carbocycles. The predicted octanol–water partition coefficient (Wildman–Crippen LogP) is 2.49. The van der Waals surface area contributed by atoms with Crippen molar-refractivity contribution < 1.29 is 4.79 Å². The molecule has 1 aliphatic rings. The van der Waals surface area contributed by atoms with E-state index in [0.717, 1.165) is 23.9 Å². The van der Waals surface area contributed by atoms with E-state index < -0.39 is 0 Å². The van der Waals surface area contributed by atoms with Gasteiger partial charge in [-0.05, 0) is 31.6 Å². The van der Waals surface area contributed by atoms with Crippen molar-refractivity contribution in [3.8, 4) is 0 Å². The summed E-state index contributed by atoms with van der Waals surface area (Å²) in [4.78, 5) is 18.9. The van der Waals surface area contributed by atoms with Gasteiger partial charge in [-0.3, -0.25) is 4.79 Å². The van der Waals surface area contributed by atoms with Gasteiger partial charge in [-0.2, -0.15) is 0 Å². The van der Waals surface area contributed by atoms with Crippen LogP contribution in [0.1, 0.15) is 48.7 Å². The van der Waals surface area contributed by atoms with E-state index in [1.807, 2.05) is 19.0 Å². The highest BCUT2D eigenvalue weighted by Gasteiger charge is 2.24. The van der Waals surface area contributed by atoms with Crippen molar-refractivity contribution in [1.29, 1.82) is 0 Å². The van der Waals surface area contributed by atoms with Crippen LogP contribution in [0.3, 0.4) is 0 Å². The molecule has 3 N–H and O–H groups in total. The summed E-state index contributed by atoms with van der Waals surface area (Å²) in [5.41, 5.74) is 5.84. The highest BCUT2D eigenvalue weighted by atomic mass is 32.1. The van der Waals surface area contributed by atoms with Crippen LogP contribution in [0.25, 0.3) is 0 Å². The number of hydrogen-bond acceptors (Lipinski definition) is 5. The van der Waals surface area contributed by atoms with Gasteiger partial charge in [0, 0.05) is 20.1 Å². The van der Waals surface area contributed by atoms with Crippen molar-refractivity contribution in [3.05, 3.63) is 4.88 Å². The number of rotatable bonds is 4. The molecule has 112 valence electrons. The summed E-state index contributed by atoms with van der Waals surface area (Å²) >= 11 is 1.35. The van der Waals surface area contributed by atoms with Crippen LogP contribution in [0, 0.1) is 5.92 Å². The first kappa shape index (κ1) is 15.1. The second kappa shape index (κ2) is 6.43. The fraction of sp³-hybridized carbons (Fsp3) is 0.714. The van der Waals surface area contributed by atoms with Gasteiger partial charge in [-0.15, -0.1) is 0 Å². The molecule has 20 heavy (non-hydrogen) atoms. The molecule has 1 amide bonds. The van der Waals surface area contributed by atoms with E-state index in [1.165, 1.54) is 30.6 Å². The summed E-state index contributed by atoms with van der Waals surface area (Å²) in [6, 6.07) is 0.287. The van der Waals surface area contributed by atoms with Crippen LogP contribution in [0.4, 0.5) is 10.9 Å². The molecule has 0 unspecified atom stereocenters. The second-order valence-electron chi connectivity index (χ2n) is 5.70. The van der Waals surface area contributed by atoms with Crippen molar-refractivity contribution in [2.24, 2.45) is 5.92 Å². The Morgan fingerprint density at radius 3 is 2.55 bits per heavy atom. The van der Waals surface area contributed by atoms with Gasteiger partial charge in [0.2, 0.25) is 0 Å². The number of amides is 1. The first-order valence-corrected chi connectivity index (χ1v) is 8.07. The zero-order chi connectivity index (χ0) is 14.7. The van der Waals surface area contributed by atoms with Crippen LogP contribution >= 0.6 is 11.3 Å². The highest BCUT2D eigenvalue weighted by Crippen LogP contribution is 2.29. The zero-order valence-electron chi connectivity index (χ0n) is 12.5. The number of thiazole rings is 1. The Morgan fingerprint density at radius 1 is 1.40 bits per heavy atom. The molecule has 0 spiro atoms. The van der Waals surface area contributed by atoms with Crippen molar-refractivity contribution in [2.45, 2.75) is 45.1 Å². The Bertz CT molecular complexity index is 464. The number of nitrogens with zero attached hydrogens (tertiary/aromatic N) is 2. The third-order valence-corrected chi connectivity index (χ3v) is 5.23. The first-order chi connectivity index (χ1) is 9.51. The molecule has 1 aromatic heterocycles. The van der Waals surface area contributed by atoms with Crippen LogP contribution in [-0.2, 0) is 0 Å². The summed E-state index contributed by atoms with van der Waals surface area (Å²) in [6.45, 7) is 2.24. The van der Waals surface area contributed by atoms with E-state index >= 15 is 0 Å². The van der Waals surface area contributed by atoms with Crippen molar-refractivity contribution in [3.63, 3.8) is 0 Å². The third kappa shape index (κ3) is 3.42. The van der Waals surface area contributed by atoms with E-state index in [4.69, 9.17) is 5.73 Å². The Labute approximate surface area is 124 Å². The Kier molecular flexibility index (Phi) is 4.86. The molecule has 2 rings (SSSR count). The van der Waals surface area contributed by atoms with E-state index in [0.29, 0.717) is 10.7 Å². The van der Waals surface area contributed by atoms with Crippen molar-refractivity contribution in [1.82, 2.24) is 10.3 Å². The van der Waals surface area contributed by atoms with Gasteiger partial charge in [0.1, 0.15) is 10.7 Å². The smallest absolute Gasteiger partial charge is 0.265 e. The minimum absolute atomic E-state index is 0.0759. The molecule has 0 radical (unpaired) electrons. The lowest BCUT2D eigenvalue weighted by atomic mass is 9.84. The van der Waals surface area contributed by atoms with Gasteiger partial charge < -0.3 is 16.0 Å². The van der Waals surface area contributed by atoms with Crippen LogP contribution in [-0.4, -0.2) is 31.0 Å². The Balaban J connectivity index is 1.95. The molecule has 0 bridgehead atoms. The lowest BCUT2D eigenvalue weighted by Gasteiger charge is -2.28. The topological polar surface area (TPSA) is 71.2 Å². The number of anilines is 2. The summed E-state index contributed by atoms with van der Waals surface area (Å²) in [7, 11) is 3.79. The molecule has 0 atom stereocenters. The minimum Gasteiger partial charge on any atom is -0.382 e. The van der Waals surface area contributed by atoms with Crippen LogP contribution < -0.4 is 16.0 Å². The molecule has 0 aliphatic heterocycles. The van der Waals surface area contributed by atoms with Crippen LogP contribution in [0.2, 0.25) is 0 Å². The summed E-state index contributed by atoms with van der Waals surface area (Å²) in [5, 5.41) is 3.87. The lowest BCUT2D eigenvalue weighted by molar-refractivity contribution is 0.0926. The molecule has 1 fully saturated rings. The lowest BCUT2D eigenvalue weighted by Crippen LogP contribution is -2.37. The average molecular weight is 296 g/mol. The van der Waals surface area contributed by atoms with E-state index in [-0.39, 0.29) is 11.9 Å². The Hall–Kier alpha value is -1.30. The number of hydrogen-bond donors (Lipinski definition) is 2. The number of carbonyl (C=O) groups excluding carboxylic acids is 1. The maximum absolute atomic E-state index is 12.3. The molecule has 1 saturated carbocycles. The second-order valence-corrected chi connectivity index (χ2v) is 6.68. The SMILES string of the molecule is CCC1CCC(NC(=O)c2sc(N(C)C)nc2N)CC1. The molecule has 1 heterocycles. The van der Waals surface area contributed by atoms with Gasteiger partial charge in [0.15, 0.2) is 5.13 Å². The van der Waals surface area contributed by atoms with Gasteiger partial charge in [-0.1, -0.05) is 24.7 Å². The number of carbonyl (C=O) groups is 1. The van der Waals surface area contributed by atoms with E-state index in [2.05, 4.69) is 17.2 Å². The molecule has 0 aromatic carbocycles. The normalized spacial score (nSPS) is 22.6. The summed E-state index contributed by atoms with van der Waals surface area (Å²) < 4.78 is 0. The van der Waals surface area contributed by atoms with Gasteiger partial charge in [0.05, 0.1) is 0 Å². The minimum atomic E-state index is -0.0759. The van der Waals surface area contributed by atoms with Crippen LogP contribution in [0.15, 0.2) is 0 Å². The maximum Gasteiger partial charge on any atom is 0.265 e. The van der Waals surface area contributed by atoms with Gasteiger partial charge in [-0.25, -0.2) is 4.98 Å². The Morgan fingerprint density at radius 2 is 2.05 bits per heavy atom. The molecule has 1 aromatic rings. The summed E-state index contributed by atoms with van der Waals surface area (Å²) in [5.74, 6) is 1.09. The quantitative estimate of drug-likeness (QED) is 0.895. The highest BCUT2D eigenvalue weighted by molar-refractivity contribution is 7.18. The third-order valence-electron chi connectivity index (χ3n) is 3.99. The maximum atomic E-state index is 12.3. The molecule has 0 saturated heterocycles. The van der Waals surface area contributed by atoms with Crippen molar-refractivity contribution in [2.75, 3.05) is 24.7 Å². The van der Waals surface area contributed by atoms with E-state index in [1.54, 1.807) is 0 Å². The molecule has 5 nitrogen and oxygen atoms in total. The van der Waals surface area contributed by atoms with Crippen molar-refractivity contribution >= 4 is 28.2 Å².